The van der Waals surface area contributed by atoms with E-state index >= 15 is 0 Å². The predicted molar refractivity (Wildman–Crippen MR) is 106 cm³/mol. The van der Waals surface area contributed by atoms with Gasteiger partial charge in [0.25, 0.3) is 0 Å². The number of hydrogen-bond acceptors (Lipinski definition) is 3. The SMILES string of the molecule is COC(=O)CSc1ccc(C(c2ccccc2)c2ccccc2)cc1[NH]. The first-order valence-electron chi connectivity index (χ1n) is 8.34. The molecule has 3 aromatic carbocycles. The van der Waals surface area contributed by atoms with Gasteiger partial charge in [0.15, 0.2) is 0 Å². The minimum absolute atomic E-state index is 0.0705. The van der Waals surface area contributed by atoms with Gasteiger partial charge in [-0.15, -0.1) is 11.8 Å². The van der Waals surface area contributed by atoms with Gasteiger partial charge in [-0.1, -0.05) is 66.7 Å². The Hall–Kier alpha value is -2.72. The maximum atomic E-state index is 11.3. The van der Waals surface area contributed by atoms with Crippen molar-refractivity contribution in [3.63, 3.8) is 0 Å². The van der Waals surface area contributed by atoms with E-state index in [4.69, 9.17) is 5.73 Å². The summed E-state index contributed by atoms with van der Waals surface area (Å²) in [5.41, 5.74) is 12.2. The van der Waals surface area contributed by atoms with Gasteiger partial charge in [-0.3, -0.25) is 10.5 Å². The Morgan fingerprint density at radius 3 is 2.00 bits per heavy atom. The van der Waals surface area contributed by atoms with Crippen molar-refractivity contribution in [3.8, 4) is 0 Å². The lowest BCUT2D eigenvalue weighted by molar-refractivity contribution is -0.137. The lowest BCUT2D eigenvalue weighted by Crippen LogP contribution is -2.04. The molecule has 3 nitrogen and oxygen atoms in total. The molecule has 0 unspecified atom stereocenters. The van der Waals surface area contributed by atoms with Crippen LogP contribution in [0, 0.1) is 0 Å². The van der Waals surface area contributed by atoms with E-state index in [-0.39, 0.29) is 17.6 Å². The maximum absolute atomic E-state index is 11.3. The Morgan fingerprint density at radius 2 is 1.50 bits per heavy atom. The van der Waals surface area contributed by atoms with Crippen LogP contribution in [-0.4, -0.2) is 18.8 Å². The molecule has 0 aromatic heterocycles. The number of rotatable bonds is 6. The molecule has 0 bridgehead atoms. The Labute approximate surface area is 158 Å². The molecule has 0 aliphatic heterocycles. The van der Waals surface area contributed by atoms with E-state index in [2.05, 4.69) is 29.0 Å². The van der Waals surface area contributed by atoms with Crippen LogP contribution in [0.5, 0.6) is 0 Å². The lowest BCUT2D eigenvalue weighted by atomic mass is 9.85. The van der Waals surface area contributed by atoms with Crippen molar-refractivity contribution < 1.29 is 9.53 Å². The maximum Gasteiger partial charge on any atom is 0.315 e. The molecule has 131 valence electrons. The third-order valence-corrected chi connectivity index (χ3v) is 5.22. The molecule has 1 radical (unpaired) electrons. The molecule has 0 heterocycles. The second kappa shape index (κ2) is 8.59. The summed E-state index contributed by atoms with van der Waals surface area (Å²) in [6, 6.07) is 26.5. The highest BCUT2D eigenvalue weighted by molar-refractivity contribution is 8.00. The predicted octanol–water partition coefficient (Wildman–Crippen LogP) is 5.05. The monoisotopic (exact) mass is 362 g/mol. The second-order valence-corrected chi connectivity index (χ2v) is 6.89. The molecule has 1 N–H and O–H groups in total. The van der Waals surface area contributed by atoms with Gasteiger partial charge in [-0.2, -0.15) is 0 Å². The molecule has 4 heteroatoms. The molecule has 0 spiro atoms. The van der Waals surface area contributed by atoms with Crippen LogP contribution in [0.1, 0.15) is 22.6 Å². The normalized spacial score (nSPS) is 10.7. The van der Waals surface area contributed by atoms with E-state index in [0.29, 0.717) is 5.69 Å². The minimum Gasteiger partial charge on any atom is -0.468 e. The topological polar surface area (TPSA) is 50.1 Å². The van der Waals surface area contributed by atoms with Crippen molar-refractivity contribution in [2.75, 3.05) is 12.9 Å². The van der Waals surface area contributed by atoms with Crippen molar-refractivity contribution in [1.29, 1.82) is 0 Å². The number of methoxy groups -OCH3 is 1. The number of ether oxygens (including phenoxy) is 1. The van der Waals surface area contributed by atoms with E-state index < -0.39 is 0 Å². The highest BCUT2D eigenvalue weighted by Crippen LogP contribution is 2.35. The van der Waals surface area contributed by atoms with Gasteiger partial charge in [0.2, 0.25) is 0 Å². The first-order chi connectivity index (χ1) is 12.7. The summed E-state index contributed by atoms with van der Waals surface area (Å²) in [4.78, 5) is 12.1. The molecule has 0 saturated heterocycles. The summed E-state index contributed by atoms with van der Waals surface area (Å²) < 4.78 is 4.67. The molecule has 0 fully saturated rings. The van der Waals surface area contributed by atoms with Crippen molar-refractivity contribution in [1.82, 2.24) is 5.73 Å². The van der Waals surface area contributed by atoms with Crippen molar-refractivity contribution in [2.45, 2.75) is 10.8 Å². The summed E-state index contributed by atoms with van der Waals surface area (Å²) in [5.74, 6) is -0.00575. The quantitative estimate of drug-likeness (QED) is 0.350. The third kappa shape index (κ3) is 4.27. The number of nitrogens with one attached hydrogen (secondary N) is 1. The van der Waals surface area contributed by atoms with Crippen LogP contribution in [0.15, 0.2) is 83.8 Å². The van der Waals surface area contributed by atoms with Gasteiger partial charge >= 0.3 is 5.97 Å². The molecule has 0 atom stereocenters. The van der Waals surface area contributed by atoms with E-state index in [0.717, 1.165) is 10.5 Å². The minimum atomic E-state index is -0.287. The van der Waals surface area contributed by atoms with Gasteiger partial charge < -0.3 is 4.74 Å². The van der Waals surface area contributed by atoms with Crippen LogP contribution in [-0.2, 0) is 9.53 Å². The number of thioether (sulfide) groups is 1. The van der Waals surface area contributed by atoms with Crippen molar-refractivity contribution >= 4 is 23.4 Å². The smallest absolute Gasteiger partial charge is 0.315 e. The summed E-state index contributed by atoms with van der Waals surface area (Å²) in [5, 5.41) is 0. The number of carbonyl (C=O) groups excluding carboxylic acids is 1. The van der Waals surface area contributed by atoms with Crippen LogP contribution in [0.4, 0.5) is 5.69 Å². The van der Waals surface area contributed by atoms with Crippen molar-refractivity contribution in [2.24, 2.45) is 0 Å². The molecule has 3 rings (SSSR count). The zero-order valence-electron chi connectivity index (χ0n) is 14.5. The fourth-order valence-electron chi connectivity index (χ4n) is 2.92. The van der Waals surface area contributed by atoms with E-state index in [9.17, 15) is 4.79 Å². The molecular formula is C22H20NO2S. The summed E-state index contributed by atoms with van der Waals surface area (Å²) in [6.45, 7) is 0. The highest BCUT2D eigenvalue weighted by atomic mass is 32.2. The fourth-order valence-corrected chi connectivity index (χ4v) is 3.69. The molecule has 0 amide bonds. The van der Waals surface area contributed by atoms with Crippen LogP contribution in [0.3, 0.4) is 0 Å². The summed E-state index contributed by atoms with van der Waals surface area (Å²) >= 11 is 1.33. The first-order valence-corrected chi connectivity index (χ1v) is 9.32. The number of benzene rings is 3. The van der Waals surface area contributed by atoms with Gasteiger partial charge in [0, 0.05) is 10.8 Å². The average molecular weight is 362 g/mol. The molecule has 26 heavy (non-hydrogen) atoms. The first kappa shape index (κ1) is 18.1. The zero-order chi connectivity index (χ0) is 18.4. The molecule has 0 aliphatic carbocycles. The molecule has 0 saturated carbocycles. The number of hydrogen-bond donors (Lipinski definition) is 0. The summed E-state index contributed by atoms with van der Waals surface area (Å²) in [7, 11) is 1.37. The largest absolute Gasteiger partial charge is 0.468 e. The Balaban J connectivity index is 1.95. The molecular weight excluding hydrogens is 342 g/mol. The van der Waals surface area contributed by atoms with Gasteiger partial charge in [-0.25, -0.2) is 0 Å². The lowest BCUT2D eigenvalue weighted by Gasteiger charge is -2.20. The third-order valence-electron chi connectivity index (χ3n) is 4.18. The van der Waals surface area contributed by atoms with E-state index in [1.165, 1.54) is 30.0 Å². The standard InChI is InChI=1S/C22H20NO2S/c1-25-21(24)15-26-20-13-12-18(14-19(20)23)22(16-8-4-2-5-9-16)17-10-6-3-7-11-17/h2-14,22-23H,15H2,1H3. The number of esters is 1. The van der Waals surface area contributed by atoms with E-state index in [1.807, 2.05) is 54.6 Å². The van der Waals surface area contributed by atoms with Crippen molar-refractivity contribution in [3.05, 3.63) is 95.6 Å². The Kier molecular flexibility index (Phi) is 5.97. The van der Waals surface area contributed by atoms with Crippen LogP contribution < -0.4 is 5.73 Å². The van der Waals surface area contributed by atoms with Crippen LogP contribution in [0.2, 0.25) is 0 Å². The van der Waals surface area contributed by atoms with Crippen LogP contribution in [0.25, 0.3) is 0 Å². The average Bonchev–Trinajstić information content (AvgIpc) is 2.69. The second-order valence-electron chi connectivity index (χ2n) is 5.87. The van der Waals surface area contributed by atoms with Crippen LogP contribution >= 0.6 is 11.8 Å². The zero-order valence-corrected chi connectivity index (χ0v) is 15.3. The summed E-state index contributed by atoms with van der Waals surface area (Å²) in [6.07, 6.45) is 0. The van der Waals surface area contributed by atoms with Gasteiger partial charge in [0.1, 0.15) is 0 Å². The Bertz CT molecular complexity index is 826. The molecule has 3 aromatic rings. The number of carbonyl (C=O) groups is 1. The van der Waals surface area contributed by atoms with Gasteiger partial charge in [0.05, 0.1) is 18.6 Å². The highest BCUT2D eigenvalue weighted by Gasteiger charge is 2.17. The molecule has 0 aliphatic rings. The van der Waals surface area contributed by atoms with Gasteiger partial charge in [-0.05, 0) is 28.8 Å². The fraction of sp³-hybridized carbons (Fsp3) is 0.136. The Morgan fingerprint density at radius 1 is 0.923 bits per heavy atom. The van der Waals surface area contributed by atoms with E-state index in [1.54, 1.807) is 0 Å².